The van der Waals surface area contributed by atoms with Gasteiger partial charge in [-0.1, -0.05) is 91.0 Å². The van der Waals surface area contributed by atoms with Crippen LogP contribution >= 0.6 is 0 Å². The number of hydrogen-bond donors (Lipinski definition) is 0. The summed E-state index contributed by atoms with van der Waals surface area (Å²) in [5, 5.41) is 7.86. The van der Waals surface area contributed by atoms with Gasteiger partial charge in [-0.25, -0.2) is 0 Å². The van der Waals surface area contributed by atoms with Crippen LogP contribution in [-0.4, -0.2) is 15.6 Å². The van der Waals surface area contributed by atoms with E-state index in [0.29, 0.717) is 6.61 Å². The molecule has 128 valence electrons. The van der Waals surface area contributed by atoms with E-state index in [4.69, 9.17) is 4.43 Å². The van der Waals surface area contributed by atoms with E-state index in [1.54, 1.807) is 0 Å². The van der Waals surface area contributed by atoms with Crippen LogP contribution < -0.4 is 10.4 Å². The van der Waals surface area contributed by atoms with Crippen molar-refractivity contribution in [2.75, 3.05) is 6.61 Å². The maximum absolute atomic E-state index is 6.54. The fourth-order valence-corrected chi connectivity index (χ4v) is 6.30. The van der Waals surface area contributed by atoms with Crippen LogP contribution in [0, 0.1) is 0 Å². The molecular weight excluding hydrogens is 332 g/mol. The average molecular weight is 355 g/mol. The topological polar surface area (TPSA) is 9.23 Å². The van der Waals surface area contributed by atoms with Gasteiger partial charge in [-0.3, -0.25) is 0 Å². The highest BCUT2D eigenvalue weighted by Gasteiger charge is 2.22. The summed E-state index contributed by atoms with van der Waals surface area (Å²) >= 11 is 0. The first-order valence-electron chi connectivity index (χ1n) is 9.06. The zero-order chi connectivity index (χ0) is 17.8. The molecule has 2 heteroatoms. The molecule has 0 heterocycles. The third kappa shape index (κ3) is 3.21. The van der Waals surface area contributed by atoms with Crippen molar-refractivity contribution in [1.29, 1.82) is 0 Å². The molecule has 1 nitrogen and oxygen atoms in total. The second-order valence-electron chi connectivity index (χ2n) is 6.46. The van der Waals surface area contributed by atoms with Crippen LogP contribution in [0.25, 0.3) is 21.5 Å². The number of benzene rings is 4. The molecule has 0 aliphatic heterocycles. The molecule has 0 N–H and O–H groups in total. The minimum Gasteiger partial charge on any atom is -0.411 e. The molecule has 0 amide bonds. The molecule has 4 aromatic rings. The Kier molecular flexibility index (Phi) is 4.96. The molecule has 0 spiro atoms. The maximum atomic E-state index is 6.54. The molecule has 0 aliphatic carbocycles. The number of fused-ring (bicyclic) bond motifs is 2. The average Bonchev–Trinajstić information content (AvgIpc) is 2.71. The highest BCUT2D eigenvalue weighted by molar-refractivity contribution is 6.83. The van der Waals surface area contributed by atoms with E-state index in [0.717, 1.165) is 6.42 Å². The summed E-state index contributed by atoms with van der Waals surface area (Å²) in [7, 11) is -1.83. The molecule has 0 unspecified atom stereocenters. The van der Waals surface area contributed by atoms with Gasteiger partial charge in [0.25, 0.3) is 0 Å². The van der Waals surface area contributed by atoms with E-state index in [1.807, 2.05) is 6.08 Å². The molecule has 0 fully saturated rings. The molecule has 0 saturated carbocycles. The minimum absolute atomic E-state index is 0.715. The molecule has 26 heavy (non-hydrogen) atoms. The summed E-state index contributed by atoms with van der Waals surface area (Å²) in [6.45, 7) is 4.55. The molecular formula is C24H22OSi. The first kappa shape index (κ1) is 16.8. The Morgan fingerprint density at radius 3 is 1.73 bits per heavy atom. The Morgan fingerprint density at radius 2 is 1.19 bits per heavy atom. The van der Waals surface area contributed by atoms with E-state index >= 15 is 0 Å². The molecule has 0 atom stereocenters. The third-order valence-electron chi connectivity index (χ3n) is 4.82. The highest BCUT2D eigenvalue weighted by Crippen LogP contribution is 2.16. The lowest BCUT2D eigenvalue weighted by molar-refractivity contribution is 0.341. The molecule has 0 aliphatic rings. The van der Waals surface area contributed by atoms with Crippen molar-refractivity contribution >= 4 is 41.0 Å². The van der Waals surface area contributed by atoms with E-state index in [9.17, 15) is 0 Å². The van der Waals surface area contributed by atoms with Crippen LogP contribution in [0.4, 0.5) is 0 Å². The fraction of sp³-hybridized carbons (Fsp3) is 0.0833. The summed E-state index contributed by atoms with van der Waals surface area (Å²) < 4.78 is 6.54. The zero-order valence-corrected chi connectivity index (χ0v) is 15.9. The van der Waals surface area contributed by atoms with Crippen molar-refractivity contribution in [2.24, 2.45) is 0 Å². The van der Waals surface area contributed by atoms with Gasteiger partial charge in [-0.15, -0.1) is 6.58 Å². The third-order valence-corrected chi connectivity index (χ3v) is 7.52. The largest absolute Gasteiger partial charge is 0.411 e. The lowest BCUT2D eigenvalue weighted by atomic mass is 10.1. The summed E-state index contributed by atoms with van der Waals surface area (Å²) in [4.78, 5) is 0. The lowest BCUT2D eigenvalue weighted by Gasteiger charge is -2.20. The van der Waals surface area contributed by atoms with Crippen molar-refractivity contribution in [1.82, 2.24) is 0 Å². The van der Waals surface area contributed by atoms with Crippen LogP contribution in [0.1, 0.15) is 6.42 Å². The van der Waals surface area contributed by atoms with Crippen LogP contribution in [0.15, 0.2) is 97.6 Å². The van der Waals surface area contributed by atoms with Gasteiger partial charge in [0.15, 0.2) is 0 Å². The lowest BCUT2D eigenvalue weighted by Crippen LogP contribution is -2.46. The van der Waals surface area contributed by atoms with Crippen LogP contribution in [0.2, 0.25) is 0 Å². The summed E-state index contributed by atoms with van der Waals surface area (Å²) in [5.41, 5.74) is 0. The van der Waals surface area contributed by atoms with Gasteiger partial charge in [-0.2, -0.15) is 0 Å². The first-order chi connectivity index (χ1) is 12.9. The number of rotatable bonds is 6. The first-order valence-corrected chi connectivity index (χ1v) is 10.7. The predicted molar refractivity (Wildman–Crippen MR) is 115 cm³/mol. The van der Waals surface area contributed by atoms with Gasteiger partial charge in [0.2, 0.25) is 9.04 Å². The van der Waals surface area contributed by atoms with E-state index < -0.39 is 9.04 Å². The minimum atomic E-state index is -1.83. The molecule has 0 radical (unpaired) electrons. The van der Waals surface area contributed by atoms with Gasteiger partial charge in [0.1, 0.15) is 0 Å². The fourth-order valence-electron chi connectivity index (χ4n) is 3.57. The standard InChI is InChI=1S/C24H22OSi/c1-2-3-18-25-26(23-16-8-12-19-10-4-6-14-21(19)23)24-17-9-13-20-11-5-7-15-22(20)24/h2,4-17,26H,1,3,18H2. The zero-order valence-electron chi connectivity index (χ0n) is 14.8. The number of hydrogen-bond acceptors (Lipinski definition) is 1. The van der Waals surface area contributed by atoms with Crippen molar-refractivity contribution < 1.29 is 4.43 Å². The smallest absolute Gasteiger partial charge is 0.241 e. The Bertz CT molecular complexity index is 964. The molecule has 0 aromatic heterocycles. The van der Waals surface area contributed by atoms with E-state index in [2.05, 4.69) is 91.5 Å². The molecule has 0 saturated heterocycles. The Balaban J connectivity index is 1.90. The maximum Gasteiger partial charge on any atom is 0.241 e. The summed E-state index contributed by atoms with van der Waals surface area (Å²) in [6, 6.07) is 30.4. The highest BCUT2D eigenvalue weighted by atomic mass is 28.3. The van der Waals surface area contributed by atoms with Crippen LogP contribution in [0.3, 0.4) is 0 Å². The summed E-state index contributed by atoms with van der Waals surface area (Å²) in [5.74, 6) is 0. The van der Waals surface area contributed by atoms with Crippen LogP contribution in [-0.2, 0) is 4.43 Å². The van der Waals surface area contributed by atoms with E-state index in [1.165, 1.54) is 31.9 Å². The van der Waals surface area contributed by atoms with Gasteiger partial charge >= 0.3 is 0 Å². The molecule has 0 bridgehead atoms. The van der Waals surface area contributed by atoms with Crippen molar-refractivity contribution in [2.45, 2.75) is 6.42 Å². The van der Waals surface area contributed by atoms with Crippen molar-refractivity contribution in [3.8, 4) is 0 Å². The summed E-state index contributed by atoms with van der Waals surface area (Å²) in [6.07, 6.45) is 2.80. The molecule has 4 rings (SSSR count). The second kappa shape index (κ2) is 7.69. The normalized spacial score (nSPS) is 11.3. The Labute approximate surface area is 156 Å². The predicted octanol–water partition coefficient (Wildman–Crippen LogP) is 4.42. The van der Waals surface area contributed by atoms with E-state index in [-0.39, 0.29) is 0 Å². The van der Waals surface area contributed by atoms with Gasteiger partial charge in [-0.05, 0) is 38.3 Å². The van der Waals surface area contributed by atoms with Crippen molar-refractivity contribution in [3.63, 3.8) is 0 Å². The quantitative estimate of drug-likeness (QED) is 0.283. The van der Waals surface area contributed by atoms with Crippen molar-refractivity contribution in [3.05, 3.63) is 97.6 Å². The Hall–Kier alpha value is -2.68. The van der Waals surface area contributed by atoms with Gasteiger partial charge in [0, 0.05) is 6.61 Å². The Morgan fingerprint density at radius 1 is 0.692 bits per heavy atom. The SMILES string of the molecule is C=CCCO[SiH](c1cccc2ccccc12)c1cccc2ccccc12. The molecule has 4 aromatic carbocycles. The van der Waals surface area contributed by atoms with Gasteiger partial charge in [0.05, 0.1) is 0 Å². The van der Waals surface area contributed by atoms with Crippen LogP contribution in [0.5, 0.6) is 0 Å². The monoisotopic (exact) mass is 354 g/mol. The van der Waals surface area contributed by atoms with Gasteiger partial charge < -0.3 is 4.43 Å². The second-order valence-corrected chi connectivity index (χ2v) is 8.80.